The highest BCUT2D eigenvalue weighted by molar-refractivity contribution is 5.39. The van der Waals surface area contributed by atoms with E-state index in [-0.39, 0.29) is 11.7 Å². The van der Waals surface area contributed by atoms with Crippen molar-refractivity contribution in [2.24, 2.45) is 11.8 Å². The van der Waals surface area contributed by atoms with Gasteiger partial charge in [0.2, 0.25) is 0 Å². The van der Waals surface area contributed by atoms with Crippen molar-refractivity contribution in [1.29, 1.82) is 0 Å². The number of aliphatic hydroxyl groups is 1. The number of hydrogen-bond donors (Lipinski definition) is 1. The van der Waals surface area contributed by atoms with Crippen LogP contribution in [-0.4, -0.2) is 12.2 Å². The first-order valence-corrected chi connectivity index (χ1v) is 7.56. The molecule has 3 heteroatoms. The molecule has 0 bridgehead atoms. The molecule has 1 aliphatic carbocycles. The molecule has 1 N–H and O–H groups in total. The predicted molar refractivity (Wildman–Crippen MR) is 78.3 cm³/mol. The minimum absolute atomic E-state index is 0.0898. The average Bonchev–Trinajstić information content (AvgIpc) is 2.46. The molecule has 0 aliphatic heterocycles. The third kappa shape index (κ3) is 2.83. The summed E-state index contributed by atoms with van der Waals surface area (Å²) in [4.78, 5) is 0. The van der Waals surface area contributed by atoms with Crippen molar-refractivity contribution >= 4 is 0 Å². The van der Waals surface area contributed by atoms with Crippen molar-refractivity contribution in [3.05, 3.63) is 29.6 Å². The van der Waals surface area contributed by atoms with Gasteiger partial charge in [-0.05, 0) is 43.7 Å². The van der Waals surface area contributed by atoms with Crippen LogP contribution in [0.5, 0.6) is 5.75 Å². The monoisotopic (exact) mass is 280 g/mol. The summed E-state index contributed by atoms with van der Waals surface area (Å²) in [7, 11) is 1.52. The number of methoxy groups -OCH3 is 1. The first-order valence-electron chi connectivity index (χ1n) is 7.56. The summed E-state index contributed by atoms with van der Waals surface area (Å²) in [6, 6.07) is 4.73. The van der Waals surface area contributed by atoms with Crippen LogP contribution < -0.4 is 4.74 Å². The minimum Gasteiger partial charge on any atom is -0.496 e. The van der Waals surface area contributed by atoms with Crippen LogP contribution in [-0.2, 0) is 5.60 Å². The molecule has 3 unspecified atom stereocenters. The number of benzene rings is 1. The molecular formula is C17H25FO2. The Morgan fingerprint density at radius 1 is 1.40 bits per heavy atom. The van der Waals surface area contributed by atoms with E-state index < -0.39 is 5.60 Å². The minimum atomic E-state index is -1.18. The van der Waals surface area contributed by atoms with Gasteiger partial charge < -0.3 is 9.84 Å². The van der Waals surface area contributed by atoms with E-state index in [4.69, 9.17) is 4.74 Å². The van der Waals surface area contributed by atoms with Gasteiger partial charge in [-0.1, -0.05) is 32.3 Å². The fourth-order valence-electron chi connectivity index (χ4n) is 3.54. The van der Waals surface area contributed by atoms with Crippen LogP contribution >= 0.6 is 0 Å². The van der Waals surface area contributed by atoms with E-state index in [1.807, 2.05) is 0 Å². The zero-order valence-corrected chi connectivity index (χ0v) is 12.7. The van der Waals surface area contributed by atoms with Crippen molar-refractivity contribution in [2.45, 2.75) is 51.6 Å². The topological polar surface area (TPSA) is 29.5 Å². The lowest BCUT2D eigenvalue weighted by Gasteiger charge is -2.39. The van der Waals surface area contributed by atoms with E-state index >= 15 is 0 Å². The zero-order valence-electron chi connectivity index (χ0n) is 12.7. The number of halogens is 1. The fraction of sp³-hybridized carbons (Fsp3) is 0.647. The van der Waals surface area contributed by atoms with E-state index in [0.29, 0.717) is 17.2 Å². The molecule has 1 aromatic rings. The quantitative estimate of drug-likeness (QED) is 0.893. The molecule has 20 heavy (non-hydrogen) atoms. The Morgan fingerprint density at radius 3 is 2.80 bits per heavy atom. The molecule has 1 saturated carbocycles. The van der Waals surface area contributed by atoms with Crippen LogP contribution in [0.1, 0.15) is 51.5 Å². The van der Waals surface area contributed by atoms with Crippen LogP contribution in [0.4, 0.5) is 4.39 Å². The van der Waals surface area contributed by atoms with Crippen molar-refractivity contribution in [1.82, 2.24) is 0 Å². The van der Waals surface area contributed by atoms with Gasteiger partial charge in [0, 0.05) is 0 Å². The standard InChI is InChI=1S/C17H25FO2/c1-4-12-7-5-8-13(11-12)17(2,19)16-14(18)9-6-10-15(16)20-3/h6,9-10,12-13,19H,4-5,7-8,11H2,1-3H3. The number of hydrogen-bond acceptors (Lipinski definition) is 2. The fourth-order valence-corrected chi connectivity index (χ4v) is 3.54. The summed E-state index contributed by atoms with van der Waals surface area (Å²) in [5.41, 5.74) is -0.867. The lowest BCUT2D eigenvalue weighted by molar-refractivity contribution is -0.0354. The Morgan fingerprint density at radius 2 is 2.15 bits per heavy atom. The third-order valence-electron chi connectivity index (χ3n) is 4.86. The lowest BCUT2D eigenvalue weighted by atomic mass is 9.70. The highest BCUT2D eigenvalue weighted by Gasteiger charge is 2.40. The molecule has 0 heterocycles. The molecular weight excluding hydrogens is 255 g/mol. The Balaban J connectivity index is 2.34. The summed E-state index contributed by atoms with van der Waals surface area (Å²) in [6.07, 6.45) is 5.36. The van der Waals surface area contributed by atoms with E-state index in [2.05, 4.69) is 6.92 Å². The number of rotatable bonds is 4. The molecule has 2 nitrogen and oxygen atoms in total. The molecule has 2 rings (SSSR count). The summed E-state index contributed by atoms with van der Waals surface area (Å²) in [6.45, 7) is 3.92. The van der Waals surface area contributed by atoms with Crippen LogP contribution in [0.15, 0.2) is 18.2 Å². The summed E-state index contributed by atoms with van der Waals surface area (Å²) >= 11 is 0. The van der Waals surface area contributed by atoms with E-state index in [1.165, 1.54) is 19.6 Å². The Hall–Kier alpha value is -1.09. The highest BCUT2D eigenvalue weighted by Crippen LogP contribution is 2.45. The number of ether oxygens (including phenoxy) is 1. The van der Waals surface area contributed by atoms with Crippen molar-refractivity contribution in [3.63, 3.8) is 0 Å². The Bertz CT molecular complexity index is 456. The smallest absolute Gasteiger partial charge is 0.133 e. The Labute approximate surface area is 121 Å². The van der Waals surface area contributed by atoms with Gasteiger partial charge in [0.15, 0.2) is 0 Å². The van der Waals surface area contributed by atoms with Gasteiger partial charge in [0.05, 0.1) is 18.3 Å². The van der Waals surface area contributed by atoms with Crippen molar-refractivity contribution in [2.75, 3.05) is 7.11 Å². The second-order valence-corrected chi connectivity index (χ2v) is 6.10. The van der Waals surface area contributed by atoms with Gasteiger partial charge in [0.25, 0.3) is 0 Å². The van der Waals surface area contributed by atoms with Gasteiger partial charge in [-0.2, -0.15) is 0 Å². The van der Waals surface area contributed by atoms with Gasteiger partial charge in [-0.15, -0.1) is 0 Å². The first kappa shape index (κ1) is 15.3. The summed E-state index contributed by atoms with van der Waals surface area (Å²) < 4.78 is 19.5. The maximum Gasteiger partial charge on any atom is 0.133 e. The highest BCUT2D eigenvalue weighted by atomic mass is 19.1. The summed E-state index contributed by atoms with van der Waals surface area (Å²) in [5, 5.41) is 11.0. The molecule has 1 aromatic carbocycles. The molecule has 0 amide bonds. The molecule has 1 aliphatic rings. The second-order valence-electron chi connectivity index (χ2n) is 6.10. The van der Waals surface area contributed by atoms with E-state index in [1.54, 1.807) is 19.1 Å². The second kappa shape index (κ2) is 6.13. The molecule has 0 spiro atoms. The van der Waals surface area contributed by atoms with Gasteiger partial charge in [0.1, 0.15) is 11.6 Å². The molecule has 3 atom stereocenters. The van der Waals surface area contributed by atoms with Crippen LogP contribution in [0.25, 0.3) is 0 Å². The van der Waals surface area contributed by atoms with E-state index in [0.717, 1.165) is 25.7 Å². The molecule has 112 valence electrons. The van der Waals surface area contributed by atoms with Gasteiger partial charge in [-0.25, -0.2) is 4.39 Å². The average molecular weight is 280 g/mol. The maximum absolute atomic E-state index is 14.2. The zero-order chi connectivity index (χ0) is 14.8. The van der Waals surface area contributed by atoms with E-state index in [9.17, 15) is 9.50 Å². The molecule has 0 radical (unpaired) electrons. The predicted octanol–water partition coefficient (Wildman–Crippen LogP) is 4.26. The first-order chi connectivity index (χ1) is 9.50. The van der Waals surface area contributed by atoms with Crippen molar-refractivity contribution < 1.29 is 14.2 Å². The SMILES string of the molecule is CCC1CCCC(C(C)(O)c2c(F)cccc2OC)C1. The molecule has 0 aromatic heterocycles. The molecule has 0 saturated heterocycles. The van der Waals surface area contributed by atoms with Crippen LogP contribution in [0, 0.1) is 17.7 Å². The van der Waals surface area contributed by atoms with Crippen molar-refractivity contribution in [3.8, 4) is 5.75 Å². The lowest BCUT2D eigenvalue weighted by Crippen LogP contribution is -2.36. The van der Waals surface area contributed by atoms with Gasteiger partial charge in [-0.3, -0.25) is 0 Å². The van der Waals surface area contributed by atoms with Gasteiger partial charge >= 0.3 is 0 Å². The Kier molecular flexibility index (Phi) is 4.69. The van der Waals surface area contributed by atoms with Crippen LogP contribution in [0.3, 0.4) is 0 Å². The third-order valence-corrected chi connectivity index (χ3v) is 4.86. The normalized spacial score (nSPS) is 26.1. The largest absolute Gasteiger partial charge is 0.496 e. The maximum atomic E-state index is 14.2. The molecule has 1 fully saturated rings. The van der Waals surface area contributed by atoms with Crippen LogP contribution in [0.2, 0.25) is 0 Å². The summed E-state index contributed by atoms with van der Waals surface area (Å²) in [5.74, 6) is 0.784.